The third-order valence-electron chi connectivity index (χ3n) is 4.19. The molecule has 1 fully saturated rings. The maximum absolute atomic E-state index is 12.4. The molecule has 0 saturated carbocycles. The lowest BCUT2D eigenvalue weighted by Gasteiger charge is -2.35. The number of nitrogens with zero attached hydrogens (tertiary/aromatic N) is 5. The number of aromatic nitrogens is 4. The SMILES string of the molecule is CCC1CCCCN1C(=O)COc1nnnn1-c1ccccc1. The highest BCUT2D eigenvalue weighted by Gasteiger charge is 2.26. The van der Waals surface area contributed by atoms with Crippen LogP contribution in [-0.4, -0.2) is 50.2 Å². The number of benzene rings is 1. The van der Waals surface area contributed by atoms with Gasteiger partial charge in [0, 0.05) is 12.6 Å². The summed E-state index contributed by atoms with van der Waals surface area (Å²) in [7, 11) is 0. The molecule has 1 aromatic carbocycles. The van der Waals surface area contributed by atoms with Crippen molar-refractivity contribution < 1.29 is 9.53 Å². The Labute approximate surface area is 135 Å². The van der Waals surface area contributed by atoms with Gasteiger partial charge in [0.2, 0.25) is 0 Å². The van der Waals surface area contributed by atoms with Crippen molar-refractivity contribution in [2.45, 2.75) is 38.6 Å². The van der Waals surface area contributed by atoms with Crippen LogP contribution in [0.15, 0.2) is 30.3 Å². The van der Waals surface area contributed by atoms with Gasteiger partial charge in [0.15, 0.2) is 6.61 Å². The molecule has 1 atom stereocenters. The van der Waals surface area contributed by atoms with Crippen LogP contribution < -0.4 is 4.74 Å². The zero-order chi connectivity index (χ0) is 16.1. The van der Waals surface area contributed by atoms with Crippen molar-refractivity contribution in [3.8, 4) is 11.7 Å². The van der Waals surface area contributed by atoms with E-state index >= 15 is 0 Å². The van der Waals surface area contributed by atoms with E-state index in [0.717, 1.165) is 31.5 Å². The summed E-state index contributed by atoms with van der Waals surface area (Å²) in [6.07, 6.45) is 4.30. The molecule has 1 amide bonds. The standard InChI is InChI=1S/C16H21N5O2/c1-2-13-8-6-7-11-20(13)15(22)12-23-16-17-18-19-21(16)14-9-4-3-5-10-14/h3-5,9-10,13H,2,6-8,11-12H2,1H3. The van der Waals surface area contributed by atoms with Crippen LogP contribution in [0.25, 0.3) is 5.69 Å². The minimum atomic E-state index is -0.0380. The molecule has 0 bridgehead atoms. The second-order valence-corrected chi connectivity index (χ2v) is 5.64. The molecule has 0 radical (unpaired) electrons. The molecule has 1 aromatic heterocycles. The smallest absolute Gasteiger partial charge is 0.340 e. The second-order valence-electron chi connectivity index (χ2n) is 5.64. The van der Waals surface area contributed by atoms with Crippen LogP contribution in [0.2, 0.25) is 0 Å². The Hall–Kier alpha value is -2.44. The first-order chi connectivity index (χ1) is 11.3. The zero-order valence-corrected chi connectivity index (χ0v) is 13.3. The summed E-state index contributed by atoms with van der Waals surface area (Å²) in [5.74, 6) is -0.000776. The fraction of sp³-hybridized carbons (Fsp3) is 0.500. The number of carbonyl (C=O) groups is 1. The van der Waals surface area contributed by atoms with E-state index in [2.05, 4.69) is 22.4 Å². The van der Waals surface area contributed by atoms with Crippen molar-refractivity contribution in [2.75, 3.05) is 13.2 Å². The Morgan fingerprint density at radius 2 is 2.13 bits per heavy atom. The van der Waals surface area contributed by atoms with E-state index in [-0.39, 0.29) is 18.5 Å². The summed E-state index contributed by atoms with van der Waals surface area (Å²) in [4.78, 5) is 14.4. The number of carbonyl (C=O) groups excluding carboxylic acids is 1. The summed E-state index contributed by atoms with van der Waals surface area (Å²) in [6.45, 7) is 2.89. The molecule has 0 N–H and O–H groups in total. The maximum Gasteiger partial charge on any atom is 0.340 e. The number of ether oxygens (including phenoxy) is 1. The van der Waals surface area contributed by atoms with Crippen LogP contribution in [0.5, 0.6) is 6.01 Å². The van der Waals surface area contributed by atoms with Crippen molar-refractivity contribution in [1.82, 2.24) is 25.1 Å². The van der Waals surface area contributed by atoms with Crippen LogP contribution in [0.3, 0.4) is 0 Å². The van der Waals surface area contributed by atoms with Crippen molar-refractivity contribution >= 4 is 5.91 Å². The summed E-state index contributed by atoms with van der Waals surface area (Å²) in [5.41, 5.74) is 0.796. The molecule has 1 unspecified atom stereocenters. The monoisotopic (exact) mass is 315 g/mol. The number of para-hydroxylation sites is 1. The van der Waals surface area contributed by atoms with Gasteiger partial charge in [-0.3, -0.25) is 4.79 Å². The summed E-state index contributed by atoms with van der Waals surface area (Å²) in [5, 5.41) is 11.4. The van der Waals surface area contributed by atoms with Gasteiger partial charge in [-0.15, -0.1) is 0 Å². The van der Waals surface area contributed by atoms with E-state index < -0.39 is 0 Å². The number of hydrogen-bond donors (Lipinski definition) is 0. The van der Waals surface area contributed by atoms with Gasteiger partial charge in [0.25, 0.3) is 5.91 Å². The van der Waals surface area contributed by atoms with E-state index in [0.29, 0.717) is 6.04 Å². The fourth-order valence-electron chi connectivity index (χ4n) is 2.96. The van der Waals surface area contributed by atoms with E-state index in [1.807, 2.05) is 35.2 Å². The molecule has 2 heterocycles. The molecule has 0 spiro atoms. The Kier molecular flexibility index (Phi) is 4.85. The molecule has 1 aliphatic heterocycles. The highest BCUT2D eigenvalue weighted by molar-refractivity contribution is 5.78. The number of tetrazole rings is 1. The predicted molar refractivity (Wildman–Crippen MR) is 84.3 cm³/mol. The van der Waals surface area contributed by atoms with Crippen LogP contribution in [0, 0.1) is 0 Å². The van der Waals surface area contributed by atoms with Crippen LogP contribution >= 0.6 is 0 Å². The molecule has 1 aliphatic rings. The topological polar surface area (TPSA) is 73.1 Å². The Balaban J connectivity index is 1.65. The highest BCUT2D eigenvalue weighted by atomic mass is 16.5. The van der Waals surface area contributed by atoms with Gasteiger partial charge in [-0.05, 0) is 48.2 Å². The maximum atomic E-state index is 12.4. The largest absolute Gasteiger partial charge is 0.452 e. The van der Waals surface area contributed by atoms with Gasteiger partial charge >= 0.3 is 6.01 Å². The lowest BCUT2D eigenvalue weighted by atomic mass is 10.00. The van der Waals surface area contributed by atoms with Crippen molar-refractivity contribution in [1.29, 1.82) is 0 Å². The van der Waals surface area contributed by atoms with Crippen LogP contribution in [-0.2, 0) is 4.79 Å². The molecule has 1 saturated heterocycles. The molecular formula is C16H21N5O2. The van der Waals surface area contributed by atoms with E-state index in [9.17, 15) is 4.79 Å². The average molecular weight is 315 g/mol. The lowest BCUT2D eigenvalue weighted by Crippen LogP contribution is -2.45. The minimum absolute atomic E-state index is 0.000776. The first kappa shape index (κ1) is 15.5. The van der Waals surface area contributed by atoms with Gasteiger partial charge in [-0.2, -0.15) is 4.68 Å². The third kappa shape index (κ3) is 3.49. The van der Waals surface area contributed by atoms with Gasteiger partial charge < -0.3 is 9.64 Å². The predicted octanol–water partition coefficient (Wildman–Crippen LogP) is 1.83. The van der Waals surface area contributed by atoms with Crippen LogP contribution in [0.4, 0.5) is 0 Å². The van der Waals surface area contributed by atoms with Gasteiger partial charge in [-0.25, -0.2) is 0 Å². The molecular weight excluding hydrogens is 294 g/mol. The molecule has 0 aliphatic carbocycles. The van der Waals surface area contributed by atoms with Gasteiger partial charge in [0.1, 0.15) is 0 Å². The number of likely N-dealkylation sites (tertiary alicyclic amines) is 1. The van der Waals surface area contributed by atoms with Crippen LogP contribution in [0.1, 0.15) is 32.6 Å². The summed E-state index contributed by atoms with van der Waals surface area (Å²) in [6, 6.07) is 10.0. The molecule has 122 valence electrons. The third-order valence-corrected chi connectivity index (χ3v) is 4.19. The molecule has 7 nitrogen and oxygen atoms in total. The normalized spacial score (nSPS) is 18.0. The molecule has 3 rings (SSSR count). The lowest BCUT2D eigenvalue weighted by molar-refractivity contribution is -0.137. The first-order valence-electron chi connectivity index (χ1n) is 8.05. The fourth-order valence-corrected chi connectivity index (χ4v) is 2.96. The Bertz CT molecular complexity index is 643. The number of piperidine rings is 1. The van der Waals surface area contributed by atoms with Gasteiger partial charge in [-0.1, -0.05) is 30.2 Å². The number of rotatable bonds is 5. The number of amides is 1. The Morgan fingerprint density at radius 1 is 1.30 bits per heavy atom. The van der Waals surface area contributed by atoms with E-state index in [1.54, 1.807) is 0 Å². The number of hydrogen-bond acceptors (Lipinski definition) is 5. The average Bonchev–Trinajstić information content (AvgIpc) is 3.09. The highest BCUT2D eigenvalue weighted by Crippen LogP contribution is 2.20. The molecule has 2 aromatic rings. The van der Waals surface area contributed by atoms with E-state index in [1.165, 1.54) is 11.1 Å². The van der Waals surface area contributed by atoms with Gasteiger partial charge in [0.05, 0.1) is 5.69 Å². The summed E-state index contributed by atoms with van der Waals surface area (Å²) < 4.78 is 7.06. The van der Waals surface area contributed by atoms with Crippen molar-refractivity contribution in [3.63, 3.8) is 0 Å². The van der Waals surface area contributed by atoms with E-state index in [4.69, 9.17) is 4.74 Å². The quantitative estimate of drug-likeness (QED) is 0.841. The Morgan fingerprint density at radius 3 is 2.91 bits per heavy atom. The minimum Gasteiger partial charge on any atom is -0.452 e. The second kappa shape index (κ2) is 7.21. The summed E-state index contributed by atoms with van der Waals surface area (Å²) >= 11 is 0. The van der Waals surface area contributed by atoms with Crippen molar-refractivity contribution in [2.24, 2.45) is 0 Å². The first-order valence-corrected chi connectivity index (χ1v) is 8.05. The molecule has 23 heavy (non-hydrogen) atoms. The zero-order valence-electron chi connectivity index (χ0n) is 13.3. The van der Waals surface area contributed by atoms with Crippen molar-refractivity contribution in [3.05, 3.63) is 30.3 Å². The molecule has 7 heteroatoms.